The first-order valence-electron chi connectivity index (χ1n) is 5.24. The summed E-state index contributed by atoms with van der Waals surface area (Å²) in [7, 11) is 0. The van der Waals surface area contributed by atoms with Gasteiger partial charge in [0, 0.05) is 0 Å². The molecule has 3 nitrogen and oxygen atoms in total. The van der Waals surface area contributed by atoms with Crippen LogP contribution in [-0.2, 0) is 4.74 Å². The average molecular weight is 244 g/mol. The minimum atomic E-state index is -0.802. The SMILES string of the molecule is O=C(OC(=O)c1ccc(F)cc1)c1ccccc1. The molecule has 0 aliphatic carbocycles. The Bertz CT molecular complexity index is 561. The highest BCUT2D eigenvalue weighted by molar-refractivity contribution is 6.02. The fourth-order valence-electron chi connectivity index (χ4n) is 1.36. The van der Waals surface area contributed by atoms with Crippen molar-refractivity contribution in [2.24, 2.45) is 0 Å². The number of halogens is 1. The first-order valence-corrected chi connectivity index (χ1v) is 5.24. The summed E-state index contributed by atoms with van der Waals surface area (Å²) in [5.41, 5.74) is 0.411. The topological polar surface area (TPSA) is 43.4 Å². The molecule has 2 aromatic rings. The zero-order valence-corrected chi connectivity index (χ0v) is 9.30. The third-order valence-electron chi connectivity index (χ3n) is 2.27. The molecule has 0 aliphatic rings. The number of hydrogen-bond donors (Lipinski definition) is 0. The highest BCUT2D eigenvalue weighted by Gasteiger charge is 2.14. The maximum atomic E-state index is 12.7. The molecule has 2 rings (SSSR count). The van der Waals surface area contributed by atoms with Crippen LogP contribution in [0.25, 0.3) is 0 Å². The summed E-state index contributed by atoms with van der Waals surface area (Å²) in [6, 6.07) is 12.9. The minimum Gasteiger partial charge on any atom is -0.386 e. The van der Waals surface area contributed by atoms with Gasteiger partial charge in [-0.05, 0) is 36.4 Å². The van der Waals surface area contributed by atoms with Crippen molar-refractivity contribution in [3.63, 3.8) is 0 Å². The molecule has 0 spiro atoms. The van der Waals surface area contributed by atoms with Gasteiger partial charge in [0.15, 0.2) is 0 Å². The molecule has 0 aliphatic heterocycles. The zero-order valence-electron chi connectivity index (χ0n) is 9.30. The van der Waals surface area contributed by atoms with Crippen molar-refractivity contribution in [2.45, 2.75) is 0 Å². The minimum absolute atomic E-state index is 0.126. The van der Waals surface area contributed by atoms with Gasteiger partial charge in [0.05, 0.1) is 11.1 Å². The van der Waals surface area contributed by atoms with Crippen LogP contribution < -0.4 is 0 Å². The van der Waals surface area contributed by atoms with E-state index in [1.807, 2.05) is 0 Å². The second kappa shape index (κ2) is 5.23. The summed E-state index contributed by atoms with van der Waals surface area (Å²) in [5, 5.41) is 0. The first-order chi connectivity index (χ1) is 8.66. The number of esters is 2. The van der Waals surface area contributed by atoms with Crippen molar-refractivity contribution in [1.29, 1.82) is 0 Å². The lowest BCUT2D eigenvalue weighted by Crippen LogP contribution is -2.12. The Morgan fingerprint density at radius 1 is 0.778 bits per heavy atom. The van der Waals surface area contributed by atoms with E-state index in [0.29, 0.717) is 0 Å². The molecule has 0 fully saturated rings. The molecule has 2 aromatic carbocycles. The van der Waals surface area contributed by atoms with Gasteiger partial charge in [-0.15, -0.1) is 0 Å². The van der Waals surface area contributed by atoms with Crippen LogP contribution in [0.15, 0.2) is 54.6 Å². The van der Waals surface area contributed by atoms with Crippen LogP contribution in [-0.4, -0.2) is 11.9 Å². The largest absolute Gasteiger partial charge is 0.386 e. The maximum Gasteiger partial charge on any atom is 0.346 e. The normalized spacial score (nSPS) is 9.83. The van der Waals surface area contributed by atoms with E-state index in [1.54, 1.807) is 30.3 Å². The molecular weight excluding hydrogens is 235 g/mol. The molecule has 0 unspecified atom stereocenters. The van der Waals surface area contributed by atoms with E-state index in [4.69, 9.17) is 0 Å². The van der Waals surface area contributed by atoms with Gasteiger partial charge in [0.1, 0.15) is 5.82 Å². The maximum absolute atomic E-state index is 12.7. The fraction of sp³-hybridized carbons (Fsp3) is 0. The van der Waals surface area contributed by atoms with Gasteiger partial charge in [-0.3, -0.25) is 0 Å². The van der Waals surface area contributed by atoms with Gasteiger partial charge in [0.25, 0.3) is 0 Å². The van der Waals surface area contributed by atoms with E-state index in [-0.39, 0.29) is 11.1 Å². The quantitative estimate of drug-likeness (QED) is 0.602. The summed E-state index contributed by atoms with van der Waals surface area (Å²) in [6.07, 6.45) is 0. The smallest absolute Gasteiger partial charge is 0.346 e. The predicted molar refractivity (Wildman–Crippen MR) is 62.6 cm³/mol. The Morgan fingerprint density at radius 3 is 1.83 bits per heavy atom. The Kier molecular flexibility index (Phi) is 3.48. The number of carbonyl (C=O) groups is 2. The Hall–Kier alpha value is -2.49. The van der Waals surface area contributed by atoms with E-state index in [1.165, 1.54) is 12.1 Å². The summed E-state index contributed by atoms with van der Waals surface area (Å²) >= 11 is 0. The molecule has 0 saturated carbocycles. The number of benzene rings is 2. The second-order valence-electron chi connectivity index (χ2n) is 3.55. The van der Waals surface area contributed by atoms with E-state index < -0.39 is 17.8 Å². The first kappa shape index (κ1) is 12.0. The number of ether oxygens (including phenoxy) is 1. The van der Waals surface area contributed by atoms with Crippen molar-refractivity contribution in [3.8, 4) is 0 Å². The van der Waals surface area contributed by atoms with Gasteiger partial charge >= 0.3 is 11.9 Å². The summed E-state index contributed by atoms with van der Waals surface area (Å²) in [4.78, 5) is 23.2. The highest BCUT2D eigenvalue weighted by Crippen LogP contribution is 2.07. The lowest BCUT2D eigenvalue weighted by atomic mass is 10.2. The molecule has 0 atom stereocenters. The van der Waals surface area contributed by atoms with Gasteiger partial charge in [-0.1, -0.05) is 18.2 Å². The number of rotatable bonds is 2. The van der Waals surface area contributed by atoms with Crippen LogP contribution >= 0.6 is 0 Å². The van der Waals surface area contributed by atoms with Crippen LogP contribution in [0, 0.1) is 5.82 Å². The molecule has 90 valence electrons. The molecular formula is C14H9FO3. The summed E-state index contributed by atoms with van der Waals surface area (Å²) < 4.78 is 17.3. The second-order valence-corrected chi connectivity index (χ2v) is 3.55. The summed E-state index contributed by atoms with van der Waals surface area (Å²) in [6.45, 7) is 0. The van der Waals surface area contributed by atoms with Crippen LogP contribution in [0.2, 0.25) is 0 Å². The molecule has 0 aromatic heterocycles. The third kappa shape index (κ3) is 2.79. The van der Waals surface area contributed by atoms with E-state index in [2.05, 4.69) is 4.74 Å². The van der Waals surface area contributed by atoms with Crippen molar-refractivity contribution in [2.75, 3.05) is 0 Å². The third-order valence-corrected chi connectivity index (χ3v) is 2.27. The number of carbonyl (C=O) groups excluding carboxylic acids is 2. The van der Waals surface area contributed by atoms with Crippen LogP contribution in [0.5, 0.6) is 0 Å². The molecule has 0 N–H and O–H groups in total. The Morgan fingerprint density at radius 2 is 1.28 bits per heavy atom. The van der Waals surface area contributed by atoms with Gasteiger partial charge < -0.3 is 4.74 Å². The van der Waals surface area contributed by atoms with Crippen molar-refractivity contribution < 1.29 is 18.7 Å². The lowest BCUT2D eigenvalue weighted by Gasteiger charge is -2.02. The lowest BCUT2D eigenvalue weighted by molar-refractivity contribution is 0.0398. The van der Waals surface area contributed by atoms with Gasteiger partial charge in [0.2, 0.25) is 0 Å². The standard InChI is InChI=1S/C14H9FO3/c15-12-8-6-11(7-9-12)14(17)18-13(16)10-4-2-1-3-5-10/h1-9H. The van der Waals surface area contributed by atoms with Crippen molar-refractivity contribution in [1.82, 2.24) is 0 Å². The van der Waals surface area contributed by atoms with Gasteiger partial charge in [-0.25, -0.2) is 14.0 Å². The average Bonchev–Trinajstić information content (AvgIpc) is 2.40. The molecule has 4 heteroatoms. The highest BCUT2D eigenvalue weighted by atomic mass is 19.1. The van der Waals surface area contributed by atoms with Crippen LogP contribution in [0.3, 0.4) is 0 Å². The van der Waals surface area contributed by atoms with E-state index in [0.717, 1.165) is 12.1 Å². The van der Waals surface area contributed by atoms with Crippen molar-refractivity contribution in [3.05, 3.63) is 71.5 Å². The monoisotopic (exact) mass is 244 g/mol. The molecule has 0 radical (unpaired) electrons. The van der Waals surface area contributed by atoms with E-state index in [9.17, 15) is 14.0 Å². The number of hydrogen-bond acceptors (Lipinski definition) is 3. The van der Waals surface area contributed by atoms with Crippen molar-refractivity contribution >= 4 is 11.9 Å². The molecule has 0 amide bonds. The molecule has 0 saturated heterocycles. The fourth-order valence-corrected chi connectivity index (χ4v) is 1.36. The van der Waals surface area contributed by atoms with E-state index >= 15 is 0 Å². The molecule has 0 heterocycles. The summed E-state index contributed by atoms with van der Waals surface area (Å²) in [5.74, 6) is -1.99. The van der Waals surface area contributed by atoms with Gasteiger partial charge in [-0.2, -0.15) is 0 Å². The Balaban J connectivity index is 2.08. The zero-order chi connectivity index (χ0) is 13.0. The van der Waals surface area contributed by atoms with Crippen LogP contribution in [0.1, 0.15) is 20.7 Å². The predicted octanol–water partition coefficient (Wildman–Crippen LogP) is 2.82. The van der Waals surface area contributed by atoms with Crippen LogP contribution in [0.4, 0.5) is 4.39 Å². The molecule has 18 heavy (non-hydrogen) atoms. The Labute approximate surface area is 103 Å². The molecule has 0 bridgehead atoms.